The Balaban J connectivity index is 1.30. The molecule has 2 N–H and O–H groups in total. The van der Waals surface area contributed by atoms with E-state index >= 15 is 0 Å². The zero-order valence-electron chi connectivity index (χ0n) is 35.9. The summed E-state index contributed by atoms with van der Waals surface area (Å²) in [5.74, 6) is 0.687. The normalized spacial score (nSPS) is 24.7. The van der Waals surface area contributed by atoms with Gasteiger partial charge in [0.2, 0.25) is 12.6 Å². The zero-order valence-corrected chi connectivity index (χ0v) is 36.7. The Kier molecular flexibility index (Phi) is 15.1. The minimum absolute atomic E-state index is 0.00369. The predicted molar refractivity (Wildman–Crippen MR) is 238 cm³/mol. The number of carbonyl (C=O) groups is 1. The van der Waals surface area contributed by atoms with Gasteiger partial charge in [0.25, 0.3) is 0 Å². The van der Waals surface area contributed by atoms with Gasteiger partial charge >= 0.3 is 6.09 Å². The lowest BCUT2D eigenvalue weighted by Gasteiger charge is -2.59. The maximum atomic E-state index is 14.7. The van der Waals surface area contributed by atoms with Crippen LogP contribution in [0.5, 0.6) is 23.0 Å². The number of allylic oxidation sites excluding steroid dienone is 1. The minimum Gasteiger partial charge on any atom is -0.492 e. The van der Waals surface area contributed by atoms with Crippen LogP contribution in [0.15, 0.2) is 96.2 Å². The van der Waals surface area contributed by atoms with Gasteiger partial charge in [-0.25, -0.2) is 4.79 Å². The van der Waals surface area contributed by atoms with Crippen LogP contribution in [0.2, 0.25) is 0 Å². The fourth-order valence-electron chi connectivity index (χ4n) is 9.83. The lowest BCUT2D eigenvalue weighted by molar-refractivity contribution is -0.256. The number of oxime groups is 1. The van der Waals surface area contributed by atoms with Crippen LogP contribution < -0.4 is 18.9 Å². The van der Waals surface area contributed by atoms with Gasteiger partial charge in [0.1, 0.15) is 37.4 Å². The average Bonchev–Trinajstić information content (AvgIpc) is 4.01. The van der Waals surface area contributed by atoms with Crippen molar-refractivity contribution in [3.63, 3.8) is 0 Å². The molecule has 0 radical (unpaired) electrons. The number of hydrogen-bond acceptors (Lipinski definition) is 12. The molecule has 1 amide bonds. The van der Waals surface area contributed by atoms with Gasteiger partial charge in [-0.2, -0.15) is 0 Å². The average molecular weight is 886 g/mol. The van der Waals surface area contributed by atoms with Crippen LogP contribution >= 0.6 is 11.6 Å². The second kappa shape index (κ2) is 21.3. The Labute approximate surface area is 375 Å². The third kappa shape index (κ3) is 10.3. The van der Waals surface area contributed by atoms with Crippen LogP contribution in [0.3, 0.4) is 0 Å². The Morgan fingerprint density at radius 1 is 0.952 bits per heavy atom. The van der Waals surface area contributed by atoms with Gasteiger partial charge in [-0.1, -0.05) is 66.5 Å². The molecule has 3 aromatic rings. The number of ether oxygens (including phenoxy) is 6. The number of amides is 1. The molecule has 0 aromatic heterocycles. The second-order valence-corrected chi connectivity index (χ2v) is 17.2. The maximum Gasteiger partial charge on any atom is 0.410 e. The lowest BCUT2D eigenvalue weighted by Crippen LogP contribution is -2.70. The van der Waals surface area contributed by atoms with Gasteiger partial charge in [-0.15, -0.1) is 18.2 Å². The molecule has 13 nitrogen and oxygen atoms in total. The van der Waals surface area contributed by atoms with E-state index in [0.717, 1.165) is 73.3 Å². The van der Waals surface area contributed by atoms with Crippen molar-refractivity contribution in [3.05, 3.63) is 108 Å². The summed E-state index contributed by atoms with van der Waals surface area (Å²) in [5.41, 5.74) is 4.37. The van der Waals surface area contributed by atoms with E-state index in [0.29, 0.717) is 42.4 Å². The number of aliphatic hydroxyl groups excluding tert-OH is 2. The molecule has 3 aromatic carbocycles. The molecule has 0 bridgehead atoms. The van der Waals surface area contributed by atoms with E-state index in [1.807, 2.05) is 60.7 Å². The smallest absolute Gasteiger partial charge is 0.410 e. The van der Waals surface area contributed by atoms with E-state index in [2.05, 4.69) is 23.6 Å². The minimum atomic E-state index is -1.47. The fourth-order valence-corrected chi connectivity index (χ4v) is 9.91. The van der Waals surface area contributed by atoms with E-state index in [4.69, 9.17) is 50.0 Å². The van der Waals surface area contributed by atoms with Crippen molar-refractivity contribution in [2.75, 3.05) is 65.3 Å². The van der Waals surface area contributed by atoms with Crippen molar-refractivity contribution < 1.29 is 48.3 Å². The highest BCUT2D eigenvalue weighted by Crippen LogP contribution is 2.62. The second-order valence-electron chi connectivity index (χ2n) is 16.8. The highest BCUT2D eigenvalue weighted by atomic mass is 35.5. The summed E-state index contributed by atoms with van der Waals surface area (Å²) >= 11 is 6.14. The molecule has 5 aliphatic rings. The van der Waals surface area contributed by atoms with Gasteiger partial charge < -0.3 is 43.5 Å². The van der Waals surface area contributed by atoms with Gasteiger partial charge in [0, 0.05) is 57.3 Å². The van der Waals surface area contributed by atoms with Crippen LogP contribution in [0.25, 0.3) is 0 Å². The Bertz CT molecular complexity index is 2080. The van der Waals surface area contributed by atoms with Crippen LogP contribution in [0.1, 0.15) is 67.6 Å². The van der Waals surface area contributed by atoms with Crippen LogP contribution in [0, 0.1) is 17.8 Å². The molecule has 14 heteroatoms. The van der Waals surface area contributed by atoms with Crippen LogP contribution in [0.4, 0.5) is 4.79 Å². The monoisotopic (exact) mass is 885 g/mol. The maximum absolute atomic E-state index is 14.7. The summed E-state index contributed by atoms with van der Waals surface area (Å²) in [4.78, 5) is 24.9. The van der Waals surface area contributed by atoms with Crippen molar-refractivity contribution in [1.29, 1.82) is 0 Å². The van der Waals surface area contributed by atoms with E-state index in [-0.39, 0.29) is 76.4 Å². The highest BCUT2D eigenvalue weighted by Gasteiger charge is 2.65. The summed E-state index contributed by atoms with van der Waals surface area (Å²) in [7, 11) is 0. The fraction of sp³-hybridized carbons (Fsp3) is 0.510. The number of halogens is 1. The first-order valence-electron chi connectivity index (χ1n) is 22.4. The third-order valence-corrected chi connectivity index (χ3v) is 13.0. The summed E-state index contributed by atoms with van der Waals surface area (Å²) < 4.78 is 38.2. The quantitative estimate of drug-likeness (QED) is 0.0317. The topological polar surface area (TPSA) is 141 Å². The van der Waals surface area contributed by atoms with E-state index < -0.39 is 23.8 Å². The standard InChI is InChI=1S/C49H60ClN3O10/c1-2-24-61-49-45(53(48(56)58-25-18-50)31-35-14-16-43-44(27-35)60-33-59-43)30-41(51-62-32-34-10-4-3-5-11-34)39-28-36(12-6-8-22-54)38(13-7-9-23-55)46(47(39)49)40-29-37(15-17-42(40)63-49)57-26-21-52-19-20-52/h2-5,10-11,14-17,27-29,36,38,45-47,54-55H,1,6-9,12-13,18-26,30-33H2. The first-order valence-corrected chi connectivity index (χ1v) is 23.0. The summed E-state index contributed by atoms with van der Waals surface area (Å²) in [6.07, 6.45) is 8.27. The van der Waals surface area contributed by atoms with Gasteiger partial charge in [0.05, 0.1) is 24.1 Å². The molecular weight excluding hydrogens is 826 g/mol. The Morgan fingerprint density at radius 2 is 1.75 bits per heavy atom. The summed E-state index contributed by atoms with van der Waals surface area (Å²) in [6, 6.07) is 20.8. The number of benzene rings is 3. The van der Waals surface area contributed by atoms with Crippen molar-refractivity contribution in [2.45, 2.75) is 75.8 Å². The molecule has 3 aliphatic heterocycles. The Morgan fingerprint density at radius 3 is 2.52 bits per heavy atom. The molecular formula is C49H60ClN3O10. The van der Waals surface area contributed by atoms with Crippen molar-refractivity contribution in [2.24, 2.45) is 22.9 Å². The van der Waals surface area contributed by atoms with E-state index in [9.17, 15) is 15.0 Å². The number of fused-ring (bicyclic) bond motifs is 3. The number of aliphatic hydroxyl groups is 2. The summed E-state index contributed by atoms with van der Waals surface area (Å²) in [6.45, 7) is 8.44. The number of rotatable bonds is 23. The molecule has 6 atom stereocenters. The van der Waals surface area contributed by atoms with Crippen LogP contribution in [-0.4, -0.2) is 109 Å². The molecule has 1 saturated carbocycles. The molecule has 3 heterocycles. The molecule has 63 heavy (non-hydrogen) atoms. The highest BCUT2D eigenvalue weighted by molar-refractivity contribution is 6.18. The number of nitrogens with zero attached hydrogens (tertiary/aromatic N) is 3. The predicted octanol–water partition coefficient (Wildman–Crippen LogP) is 7.82. The van der Waals surface area contributed by atoms with Crippen molar-refractivity contribution >= 4 is 23.4 Å². The zero-order chi connectivity index (χ0) is 43.6. The molecule has 338 valence electrons. The van der Waals surface area contributed by atoms with Gasteiger partial charge in [-0.3, -0.25) is 9.80 Å². The molecule has 2 aliphatic carbocycles. The first-order chi connectivity index (χ1) is 31.0. The first kappa shape index (κ1) is 44.8. The SMILES string of the molecule is C=CCOC12Oc3ccc(OCCN4CC4)cc3C3C(CCCCO)C(CCCCO)C=C(C(=NOCc4ccccc4)CC1N(Cc1ccc4c(c1)OCO4)C(=O)OCCCl)C32. The molecule has 1 saturated heterocycles. The van der Waals surface area contributed by atoms with Crippen LogP contribution in [-0.2, 0) is 27.5 Å². The number of unbranched alkanes of at least 4 members (excludes halogenated alkanes) is 2. The third-order valence-electron chi connectivity index (χ3n) is 12.8. The number of alkyl halides is 1. The lowest BCUT2D eigenvalue weighted by atomic mass is 9.55. The molecule has 6 unspecified atom stereocenters. The van der Waals surface area contributed by atoms with Gasteiger partial charge in [-0.05, 0) is 84.6 Å². The molecule has 2 fully saturated rings. The van der Waals surface area contributed by atoms with E-state index in [1.54, 1.807) is 11.0 Å². The molecule has 8 rings (SSSR count). The number of hydrogen-bond donors (Lipinski definition) is 2. The summed E-state index contributed by atoms with van der Waals surface area (Å²) in [5, 5.41) is 24.9. The largest absolute Gasteiger partial charge is 0.492 e. The van der Waals surface area contributed by atoms with E-state index in [1.165, 1.54) is 0 Å². The Hall–Kier alpha value is -4.79. The van der Waals surface area contributed by atoms with Gasteiger partial charge in [0.15, 0.2) is 11.5 Å². The molecule has 0 spiro atoms. The van der Waals surface area contributed by atoms with Crippen molar-refractivity contribution in [1.82, 2.24) is 9.80 Å². The van der Waals surface area contributed by atoms with Crippen molar-refractivity contribution in [3.8, 4) is 23.0 Å². The number of carbonyl (C=O) groups excluding carboxylic acids is 1.